The first-order chi connectivity index (χ1) is 6.89. The molecule has 0 radical (unpaired) electrons. The highest BCUT2D eigenvalue weighted by Crippen LogP contribution is 2.17. The predicted molar refractivity (Wildman–Crippen MR) is 44.8 cm³/mol. The Morgan fingerprint density at radius 3 is 2.73 bits per heavy atom. The molecular weight excluding hydrogens is 211 g/mol. The Kier molecular flexibility index (Phi) is 3.28. The van der Waals surface area contributed by atoms with Crippen molar-refractivity contribution in [1.29, 1.82) is 0 Å². The van der Waals surface area contributed by atoms with E-state index >= 15 is 0 Å². The molecule has 0 fully saturated rings. The zero-order chi connectivity index (χ0) is 11.5. The summed E-state index contributed by atoms with van der Waals surface area (Å²) < 4.78 is 39.2. The third-order valence-electron chi connectivity index (χ3n) is 1.55. The van der Waals surface area contributed by atoms with Crippen LogP contribution in [0.25, 0.3) is 0 Å². The molecule has 0 amide bonds. The van der Waals surface area contributed by atoms with Crippen molar-refractivity contribution in [3.63, 3.8) is 0 Å². The molecule has 0 aliphatic heterocycles. The number of pyridine rings is 1. The van der Waals surface area contributed by atoms with E-state index in [9.17, 15) is 18.0 Å². The molecular formula is C9H8F3NO2. The first-order valence-corrected chi connectivity index (χ1v) is 4.05. The molecule has 1 rings (SSSR count). The van der Waals surface area contributed by atoms with Gasteiger partial charge in [0.05, 0.1) is 5.69 Å². The maximum Gasteiger partial charge on any atom is 0.490 e. The molecule has 0 N–H and O–H groups in total. The normalized spacial score (nSPS) is 11.2. The van der Waals surface area contributed by atoms with Crippen molar-refractivity contribution in [2.75, 3.05) is 0 Å². The Bertz CT molecular complexity index is 363. The Hall–Kier alpha value is -1.59. The summed E-state index contributed by atoms with van der Waals surface area (Å²) in [6.45, 7) is 1.29. The first-order valence-electron chi connectivity index (χ1n) is 4.05. The van der Waals surface area contributed by atoms with Crippen molar-refractivity contribution in [2.45, 2.75) is 19.7 Å². The van der Waals surface area contributed by atoms with E-state index < -0.39 is 18.8 Å². The van der Waals surface area contributed by atoms with Crippen LogP contribution in [0.2, 0.25) is 0 Å². The van der Waals surface area contributed by atoms with E-state index in [2.05, 4.69) is 9.72 Å². The number of carbonyl (C=O) groups excluding carboxylic acids is 1. The van der Waals surface area contributed by atoms with Crippen LogP contribution in [0.5, 0.6) is 0 Å². The first kappa shape index (κ1) is 11.5. The van der Waals surface area contributed by atoms with Gasteiger partial charge in [0.2, 0.25) is 0 Å². The molecule has 1 aromatic heterocycles. The molecule has 0 spiro atoms. The van der Waals surface area contributed by atoms with Gasteiger partial charge in [-0.05, 0) is 24.6 Å². The van der Waals surface area contributed by atoms with Gasteiger partial charge in [0.1, 0.15) is 6.61 Å². The lowest BCUT2D eigenvalue weighted by molar-refractivity contribution is -0.201. The highest BCUT2D eigenvalue weighted by molar-refractivity contribution is 5.75. The third-order valence-corrected chi connectivity index (χ3v) is 1.55. The average Bonchev–Trinajstić information content (AvgIpc) is 2.12. The van der Waals surface area contributed by atoms with Gasteiger partial charge in [0, 0.05) is 6.20 Å². The van der Waals surface area contributed by atoms with Gasteiger partial charge < -0.3 is 4.74 Å². The molecule has 0 aliphatic carbocycles. The summed E-state index contributed by atoms with van der Waals surface area (Å²) in [5.74, 6) is -2.20. The average molecular weight is 219 g/mol. The van der Waals surface area contributed by atoms with Gasteiger partial charge in [0.15, 0.2) is 0 Å². The van der Waals surface area contributed by atoms with Crippen molar-refractivity contribution in [2.24, 2.45) is 0 Å². The Balaban J connectivity index is 2.55. The number of nitrogens with zero attached hydrogens (tertiary/aromatic N) is 1. The molecule has 0 aliphatic rings. The fourth-order valence-corrected chi connectivity index (χ4v) is 0.899. The number of esters is 1. The van der Waals surface area contributed by atoms with Gasteiger partial charge in [-0.15, -0.1) is 0 Å². The molecule has 1 aromatic rings. The molecule has 0 bridgehead atoms. The second kappa shape index (κ2) is 4.29. The lowest BCUT2D eigenvalue weighted by atomic mass is 10.2. The molecule has 6 heteroatoms. The minimum atomic E-state index is -4.95. The molecule has 82 valence electrons. The SMILES string of the molecule is Cc1ccnc(COC(=O)C(F)(F)F)c1. The molecule has 1 heterocycles. The van der Waals surface area contributed by atoms with Gasteiger partial charge >= 0.3 is 12.1 Å². The maximum atomic E-state index is 11.7. The van der Waals surface area contributed by atoms with Crippen LogP contribution in [0, 0.1) is 6.92 Å². The van der Waals surface area contributed by atoms with Gasteiger partial charge in [-0.25, -0.2) is 4.79 Å². The van der Waals surface area contributed by atoms with Crippen LogP contribution in [0.3, 0.4) is 0 Å². The summed E-state index contributed by atoms with van der Waals surface area (Å²) in [5.41, 5.74) is 1.12. The Morgan fingerprint density at radius 1 is 1.53 bits per heavy atom. The summed E-state index contributed by atoms with van der Waals surface area (Å²) in [7, 11) is 0. The molecule has 0 saturated heterocycles. The van der Waals surface area contributed by atoms with E-state index in [0.29, 0.717) is 0 Å². The van der Waals surface area contributed by atoms with Crippen LogP contribution in [0.15, 0.2) is 18.3 Å². The highest BCUT2D eigenvalue weighted by atomic mass is 19.4. The monoisotopic (exact) mass is 219 g/mol. The zero-order valence-corrected chi connectivity index (χ0v) is 7.84. The Morgan fingerprint density at radius 2 is 2.20 bits per heavy atom. The van der Waals surface area contributed by atoms with Crippen molar-refractivity contribution in [3.05, 3.63) is 29.6 Å². The minimum Gasteiger partial charge on any atom is -0.453 e. The molecule has 0 unspecified atom stereocenters. The van der Waals surface area contributed by atoms with E-state index in [1.165, 1.54) is 6.20 Å². The van der Waals surface area contributed by atoms with Crippen molar-refractivity contribution in [3.8, 4) is 0 Å². The summed E-state index contributed by atoms with van der Waals surface area (Å²) in [4.78, 5) is 14.1. The fraction of sp³-hybridized carbons (Fsp3) is 0.333. The lowest BCUT2D eigenvalue weighted by Gasteiger charge is -2.06. The topological polar surface area (TPSA) is 39.2 Å². The van der Waals surface area contributed by atoms with Gasteiger partial charge in [-0.2, -0.15) is 13.2 Å². The number of hydrogen-bond donors (Lipinski definition) is 0. The largest absolute Gasteiger partial charge is 0.490 e. The molecule has 15 heavy (non-hydrogen) atoms. The smallest absolute Gasteiger partial charge is 0.453 e. The standard InChI is InChI=1S/C9H8F3NO2/c1-6-2-3-13-7(4-6)5-15-8(14)9(10,11)12/h2-4H,5H2,1H3. The number of aryl methyl sites for hydroxylation is 1. The van der Waals surface area contributed by atoms with E-state index in [1.54, 1.807) is 19.1 Å². The number of alkyl halides is 3. The number of aromatic nitrogens is 1. The van der Waals surface area contributed by atoms with Crippen LogP contribution < -0.4 is 0 Å². The zero-order valence-electron chi connectivity index (χ0n) is 7.84. The lowest BCUT2D eigenvalue weighted by Crippen LogP contribution is -2.25. The minimum absolute atomic E-state index is 0.285. The number of carbonyl (C=O) groups is 1. The fourth-order valence-electron chi connectivity index (χ4n) is 0.899. The molecule has 0 atom stereocenters. The van der Waals surface area contributed by atoms with E-state index in [4.69, 9.17) is 0 Å². The number of halogens is 3. The summed E-state index contributed by atoms with van der Waals surface area (Å²) in [5, 5.41) is 0. The summed E-state index contributed by atoms with van der Waals surface area (Å²) >= 11 is 0. The van der Waals surface area contributed by atoms with Crippen molar-refractivity contribution in [1.82, 2.24) is 4.98 Å². The summed E-state index contributed by atoms with van der Waals surface area (Å²) in [6.07, 6.45) is -3.52. The van der Waals surface area contributed by atoms with Gasteiger partial charge in [0.25, 0.3) is 0 Å². The third kappa shape index (κ3) is 3.57. The quantitative estimate of drug-likeness (QED) is 0.714. The molecule has 3 nitrogen and oxygen atoms in total. The number of rotatable bonds is 2. The van der Waals surface area contributed by atoms with Crippen LogP contribution >= 0.6 is 0 Å². The van der Waals surface area contributed by atoms with Gasteiger partial charge in [-0.3, -0.25) is 4.98 Å². The second-order valence-electron chi connectivity index (χ2n) is 2.90. The van der Waals surface area contributed by atoms with Crippen LogP contribution in [-0.4, -0.2) is 17.1 Å². The van der Waals surface area contributed by atoms with Crippen molar-refractivity contribution < 1.29 is 22.7 Å². The van der Waals surface area contributed by atoms with Crippen LogP contribution in [0.1, 0.15) is 11.3 Å². The van der Waals surface area contributed by atoms with Gasteiger partial charge in [-0.1, -0.05) is 0 Å². The maximum absolute atomic E-state index is 11.7. The van der Waals surface area contributed by atoms with Crippen molar-refractivity contribution >= 4 is 5.97 Å². The second-order valence-corrected chi connectivity index (χ2v) is 2.90. The molecule has 0 saturated carbocycles. The van der Waals surface area contributed by atoms with E-state index in [1.807, 2.05) is 0 Å². The number of ether oxygens (including phenoxy) is 1. The molecule has 0 aromatic carbocycles. The summed E-state index contributed by atoms with van der Waals surface area (Å²) in [6, 6.07) is 3.23. The van der Waals surface area contributed by atoms with E-state index in [-0.39, 0.29) is 5.69 Å². The van der Waals surface area contributed by atoms with Crippen LogP contribution in [-0.2, 0) is 16.1 Å². The Labute approximate surface area is 83.9 Å². The number of hydrogen-bond acceptors (Lipinski definition) is 3. The highest BCUT2D eigenvalue weighted by Gasteiger charge is 2.40. The van der Waals surface area contributed by atoms with Crippen LogP contribution in [0.4, 0.5) is 13.2 Å². The van der Waals surface area contributed by atoms with E-state index in [0.717, 1.165) is 5.56 Å². The predicted octanol–water partition coefficient (Wildman–Crippen LogP) is 2.00.